The lowest BCUT2D eigenvalue weighted by molar-refractivity contribution is 0.0558. The Hall–Kier alpha value is -0.840. The van der Waals surface area contributed by atoms with Crippen molar-refractivity contribution in [3.8, 4) is 0 Å². The van der Waals surface area contributed by atoms with Gasteiger partial charge in [0.25, 0.3) is 5.92 Å². The van der Waals surface area contributed by atoms with Crippen LogP contribution in [0, 0.1) is 0 Å². The van der Waals surface area contributed by atoms with Gasteiger partial charge < -0.3 is 10.9 Å². The minimum Gasteiger partial charge on any atom is -0.309 e. The molecule has 0 unspecified atom stereocenters. The normalized spacial score (nSPS) is 18.3. The molecule has 0 radical (unpaired) electrons. The first-order valence-corrected chi connectivity index (χ1v) is 2.46. The molecule has 3 nitrogen and oxygen atoms in total. The van der Waals surface area contributed by atoms with Gasteiger partial charge in [0, 0.05) is 13.1 Å². The van der Waals surface area contributed by atoms with Gasteiger partial charge in [-0.25, -0.2) is 0 Å². The van der Waals surface area contributed by atoms with E-state index >= 15 is 0 Å². The van der Waals surface area contributed by atoms with Crippen molar-refractivity contribution in [1.29, 1.82) is 0 Å². The molecule has 0 fully saturated rings. The number of alkyl halides is 2. The third-order valence-electron chi connectivity index (χ3n) is 0.959. The predicted octanol–water partition coefficient (Wildman–Crippen LogP) is 0.0954. The molecule has 3 N–H and O–H groups in total. The van der Waals surface area contributed by atoms with Crippen LogP contribution in [0.4, 0.5) is 8.78 Å². The van der Waals surface area contributed by atoms with Crippen molar-refractivity contribution >= 4 is 0 Å². The topological polar surface area (TPSA) is 36.1 Å². The molecule has 0 saturated heterocycles. The Labute approximate surface area is 51.1 Å². The molecule has 0 atom stereocenters. The fraction of sp³-hybridized carbons (Fsp3) is 0.500. The molecule has 1 aliphatic rings. The first-order chi connectivity index (χ1) is 4.11. The molecule has 52 valence electrons. The number of hydrogen-bond donors (Lipinski definition) is 3. The molecule has 0 aromatic heterocycles. The van der Waals surface area contributed by atoms with Crippen molar-refractivity contribution in [2.24, 2.45) is 0 Å². The molecule has 1 heterocycles. The third kappa shape index (κ3) is 1.29. The number of hydrazine groups is 2. The Balaban J connectivity index is 2.61. The molecular formula is C4H7F2N3. The van der Waals surface area contributed by atoms with E-state index in [9.17, 15) is 8.78 Å². The van der Waals surface area contributed by atoms with Crippen molar-refractivity contribution in [3.05, 3.63) is 11.9 Å². The molecule has 9 heavy (non-hydrogen) atoms. The summed E-state index contributed by atoms with van der Waals surface area (Å²) in [7, 11) is 0. The van der Waals surface area contributed by atoms with Gasteiger partial charge in [0.1, 0.15) is 5.70 Å². The Kier molecular flexibility index (Phi) is 1.28. The van der Waals surface area contributed by atoms with Gasteiger partial charge in [0.2, 0.25) is 0 Å². The van der Waals surface area contributed by atoms with Crippen molar-refractivity contribution in [1.82, 2.24) is 16.4 Å². The van der Waals surface area contributed by atoms with Crippen molar-refractivity contribution < 1.29 is 8.78 Å². The molecule has 1 rings (SSSR count). The third-order valence-corrected chi connectivity index (χ3v) is 0.959. The molecular weight excluding hydrogens is 128 g/mol. The molecule has 0 amide bonds. The lowest BCUT2D eigenvalue weighted by Gasteiger charge is -2.09. The molecule has 0 aromatic carbocycles. The van der Waals surface area contributed by atoms with E-state index in [0.717, 1.165) is 6.92 Å². The van der Waals surface area contributed by atoms with Crippen LogP contribution in [0.1, 0.15) is 6.92 Å². The number of rotatable bonds is 1. The fourth-order valence-electron chi connectivity index (χ4n) is 0.484. The fourth-order valence-corrected chi connectivity index (χ4v) is 0.484. The van der Waals surface area contributed by atoms with Crippen LogP contribution in [0.3, 0.4) is 0 Å². The van der Waals surface area contributed by atoms with Gasteiger partial charge in [-0.15, -0.1) is 0 Å². The van der Waals surface area contributed by atoms with E-state index < -0.39 is 5.92 Å². The van der Waals surface area contributed by atoms with E-state index in [0.29, 0.717) is 0 Å². The average molecular weight is 135 g/mol. The summed E-state index contributed by atoms with van der Waals surface area (Å²) in [4.78, 5) is 0. The molecule has 0 saturated carbocycles. The van der Waals surface area contributed by atoms with Crippen LogP contribution in [0.2, 0.25) is 0 Å². The second-order valence-electron chi connectivity index (χ2n) is 1.84. The zero-order chi connectivity index (χ0) is 6.91. The Morgan fingerprint density at radius 1 is 1.56 bits per heavy atom. The summed E-state index contributed by atoms with van der Waals surface area (Å²) in [5.74, 6) is -2.80. The minimum atomic E-state index is -2.80. The molecule has 0 spiro atoms. The quantitative estimate of drug-likeness (QED) is 0.477. The van der Waals surface area contributed by atoms with Gasteiger partial charge in [0.15, 0.2) is 0 Å². The van der Waals surface area contributed by atoms with E-state index in [1.54, 1.807) is 0 Å². The predicted molar refractivity (Wildman–Crippen MR) is 28.1 cm³/mol. The van der Waals surface area contributed by atoms with Crippen LogP contribution in [0.5, 0.6) is 0 Å². The minimum absolute atomic E-state index is 0.150. The zero-order valence-electron chi connectivity index (χ0n) is 4.83. The van der Waals surface area contributed by atoms with Crippen LogP contribution in [0.25, 0.3) is 0 Å². The summed E-state index contributed by atoms with van der Waals surface area (Å²) in [5, 5.41) is 0. The van der Waals surface area contributed by atoms with Crippen LogP contribution in [-0.2, 0) is 0 Å². The number of allylic oxidation sites excluding steroid dienone is 1. The van der Waals surface area contributed by atoms with Gasteiger partial charge in [-0.05, 0) is 0 Å². The highest BCUT2D eigenvalue weighted by Gasteiger charge is 2.29. The highest BCUT2D eigenvalue weighted by atomic mass is 19.3. The Morgan fingerprint density at radius 2 is 2.22 bits per heavy atom. The maximum atomic E-state index is 12.2. The summed E-state index contributed by atoms with van der Waals surface area (Å²) in [6.07, 6.45) is 1.18. The number of halogens is 2. The van der Waals surface area contributed by atoms with Crippen LogP contribution >= 0.6 is 0 Å². The summed E-state index contributed by atoms with van der Waals surface area (Å²) < 4.78 is 24.4. The summed E-state index contributed by atoms with van der Waals surface area (Å²) in [5.41, 5.74) is 6.78. The van der Waals surface area contributed by atoms with E-state index in [1.165, 1.54) is 6.20 Å². The first-order valence-electron chi connectivity index (χ1n) is 2.46. The van der Waals surface area contributed by atoms with E-state index in [1.807, 2.05) is 0 Å². The molecule has 1 aliphatic heterocycles. The summed E-state index contributed by atoms with van der Waals surface area (Å²) in [6, 6.07) is 0. The first kappa shape index (κ1) is 6.28. The molecule has 5 heteroatoms. The summed E-state index contributed by atoms with van der Waals surface area (Å²) >= 11 is 0. The van der Waals surface area contributed by atoms with E-state index in [4.69, 9.17) is 0 Å². The van der Waals surface area contributed by atoms with Crippen molar-refractivity contribution in [2.45, 2.75) is 12.8 Å². The second-order valence-corrected chi connectivity index (χ2v) is 1.84. The standard InChI is InChI=1S/C4H7F2N3/c1-4(5,6)3-2-7-9-8-3/h2,7-9H,1H3. The molecule has 0 aromatic rings. The second kappa shape index (κ2) is 1.84. The molecule has 0 bridgehead atoms. The van der Waals surface area contributed by atoms with Crippen molar-refractivity contribution in [3.63, 3.8) is 0 Å². The Bertz CT molecular complexity index is 137. The highest BCUT2D eigenvalue weighted by molar-refractivity contribution is 5.09. The Morgan fingerprint density at radius 3 is 2.44 bits per heavy atom. The number of hydrogen-bond acceptors (Lipinski definition) is 3. The van der Waals surface area contributed by atoms with E-state index in [-0.39, 0.29) is 5.70 Å². The monoisotopic (exact) mass is 135 g/mol. The van der Waals surface area contributed by atoms with E-state index in [2.05, 4.69) is 16.4 Å². The summed E-state index contributed by atoms with van der Waals surface area (Å²) in [6.45, 7) is 0.820. The lowest BCUT2D eigenvalue weighted by atomic mass is 10.3. The largest absolute Gasteiger partial charge is 0.309 e. The van der Waals surface area contributed by atoms with Crippen LogP contribution in [0.15, 0.2) is 11.9 Å². The maximum Gasteiger partial charge on any atom is 0.287 e. The SMILES string of the molecule is CC(F)(F)C1=CNNN1. The average Bonchev–Trinajstić information content (AvgIpc) is 2.08. The molecule has 0 aliphatic carbocycles. The van der Waals surface area contributed by atoms with Gasteiger partial charge in [-0.1, -0.05) is 0 Å². The number of nitrogens with one attached hydrogen (secondary N) is 3. The maximum absolute atomic E-state index is 12.2. The van der Waals surface area contributed by atoms with Crippen molar-refractivity contribution in [2.75, 3.05) is 0 Å². The lowest BCUT2D eigenvalue weighted by Crippen LogP contribution is -2.35. The van der Waals surface area contributed by atoms with Gasteiger partial charge in [-0.2, -0.15) is 14.3 Å². The zero-order valence-corrected chi connectivity index (χ0v) is 4.83. The van der Waals surface area contributed by atoms with Crippen LogP contribution < -0.4 is 16.4 Å². The van der Waals surface area contributed by atoms with Gasteiger partial charge in [-0.3, -0.25) is 0 Å². The smallest absolute Gasteiger partial charge is 0.287 e. The van der Waals surface area contributed by atoms with Gasteiger partial charge in [0.05, 0.1) is 0 Å². The van der Waals surface area contributed by atoms with Gasteiger partial charge >= 0.3 is 0 Å². The van der Waals surface area contributed by atoms with Crippen LogP contribution in [-0.4, -0.2) is 5.92 Å². The highest BCUT2D eigenvalue weighted by Crippen LogP contribution is 2.20.